The first-order valence-corrected chi connectivity index (χ1v) is 3.06. The number of carbonyl (C=O) groups excluding carboxylic acids is 1. The van der Waals surface area contributed by atoms with Gasteiger partial charge in [0.25, 0.3) is 5.91 Å². The topological polar surface area (TPSA) is 44.4 Å². The monoisotopic (exact) mass is 137 g/mol. The summed E-state index contributed by atoms with van der Waals surface area (Å²) in [7, 11) is 0. The van der Waals surface area contributed by atoms with Crippen molar-refractivity contribution in [2.24, 2.45) is 0 Å². The highest BCUT2D eigenvalue weighted by molar-refractivity contribution is 5.85. The lowest BCUT2D eigenvalue weighted by Gasteiger charge is -2.24. The predicted molar refractivity (Wildman–Crippen MR) is 35.2 cm³/mol. The Kier molecular flexibility index (Phi) is 0.943. The lowest BCUT2D eigenvalue weighted by atomic mass is 10.2. The summed E-state index contributed by atoms with van der Waals surface area (Å²) in [5.41, 5.74) is 2.89. The lowest BCUT2D eigenvalue weighted by Crippen LogP contribution is -2.46. The number of amides is 1. The molecule has 10 heavy (non-hydrogen) atoms. The van der Waals surface area contributed by atoms with Crippen LogP contribution in [0, 0.1) is 0 Å². The van der Waals surface area contributed by atoms with Crippen LogP contribution in [0.1, 0.15) is 0 Å². The summed E-state index contributed by atoms with van der Waals surface area (Å²) in [6.07, 6.45) is 6.95. The van der Waals surface area contributed by atoms with Gasteiger partial charge in [-0.15, -0.1) is 0 Å². The summed E-state index contributed by atoms with van der Waals surface area (Å²) in [6, 6.07) is -0.162. The van der Waals surface area contributed by atoms with Crippen molar-refractivity contribution < 1.29 is 4.79 Å². The third-order valence-electron chi connectivity index (χ3n) is 1.53. The molecule has 4 nitrogen and oxygen atoms in total. The molecule has 1 atom stereocenters. The van der Waals surface area contributed by atoms with E-state index in [4.69, 9.17) is 0 Å². The molecule has 0 radical (unpaired) electrons. The molecule has 52 valence electrons. The number of fused-ring (bicyclic) bond motifs is 1. The average Bonchev–Trinajstić information content (AvgIpc) is 2.36. The summed E-state index contributed by atoms with van der Waals surface area (Å²) >= 11 is 0. The van der Waals surface area contributed by atoms with E-state index in [2.05, 4.69) is 10.7 Å². The van der Waals surface area contributed by atoms with E-state index in [0.717, 1.165) is 0 Å². The molecule has 0 aliphatic carbocycles. The van der Waals surface area contributed by atoms with Crippen molar-refractivity contribution in [1.29, 1.82) is 0 Å². The van der Waals surface area contributed by atoms with Crippen LogP contribution in [0.4, 0.5) is 0 Å². The molecule has 2 heterocycles. The van der Waals surface area contributed by atoms with Crippen LogP contribution in [0.15, 0.2) is 24.7 Å². The highest BCUT2D eigenvalue weighted by Gasteiger charge is 2.25. The second-order valence-electron chi connectivity index (χ2n) is 2.16. The van der Waals surface area contributed by atoms with E-state index < -0.39 is 0 Å². The van der Waals surface area contributed by atoms with Gasteiger partial charge in [-0.2, -0.15) is 0 Å². The normalized spacial score (nSPS) is 27.8. The van der Waals surface area contributed by atoms with Gasteiger partial charge in [-0.3, -0.25) is 9.80 Å². The molecule has 0 aromatic carbocycles. The number of nitrogens with zero attached hydrogens (tertiary/aromatic N) is 1. The van der Waals surface area contributed by atoms with Crippen molar-refractivity contribution in [2.45, 2.75) is 6.04 Å². The third kappa shape index (κ3) is 0.586. The van der Waals surface area contributed by atoms with Gasteiger partial charge in [0, 0.05) is 18.6 Å². The summed E-state index contributed by atoms with van der Waals surface area (Å²) in [4.78, 5) is 11.0. The Hall–Kier alpha value is -1.45. The van der Waals surface area contributed by atoms with Crippen molar-refractivity contribution >= 4 is 5.91 Å². The minimum absolute atomic E-state index is 0.00347. The van der Waals surface area contributed by atoms with Crippen molar-refractivity contribution in [3.8, 4) is 0 Å². The van der Waals surface area contributed by atoms with Crippen LogP contribution in [0.25, 0.3) is 0 Å². The molecule has 2 N–H and O–H groups in total. The Morgan fingerprint density at radius 2 is 2.40 bits per heavy atom. The molecule has 0 saturated heterocycles. The Balaban J connectivity index is 2.28. The standard InChI is InChI=1S/C6H7N3O/c10-6-5-1-2-8-9(5)4-3-7-6/h1-5,8H,(H,7,10). The Morgan fingerprint density at radius 3 is 3.20 bits per heavy atom. The molecule has 4 heteroatoms. The molecule has 0 fully saturated rings. The highest BCUT2D eigenvalue weighted by atomic mass is 16.2. The maximum absolute atomic E-state index is 11.0. The van der Waals surface area contributed by atoms with Gasteiger partial charge in [-0.05, 0) is 6.08 Å². The quantitative estimate of drug-likeness (QED) is 0.463. The SMILES string of the molecule is O=C1NC=CN2NC=CC12. The molecule has 2 aliphatic heterocycles. The zero-order valence-corrected chi connectivity index (χ0v) is 5.24. The Morgan fingerprint density at radius 1 is 1.50 bits per heavy atom. The number of rotatable bonds is 0. The van der Waals surface area contributed by atoms with Crippen LogP contribution in [0.5, 0.6) is 0 Å². The van der Waals surface area contributed by atoms with Crippen LogP contribution in [-0.2, 0) is 4.79 Å². The van der Waals surface area contributed by atoms with E-state index in [1.54, 1.807) is 29.7 Å². The highest BCUT2D eigenvalue weighted by Crippen LogP contribution is 2.08. The zero-order chi connectivity index (χ0) is 6.97. The second kappa shape index (κ2) is 1.76. The first kappa shape index (κ1) is 5.34. The van der Waals surface area contributed by atoms with Crippen molar-refractivity contribution in [3.63, 3.8) is 0 Å². The molecule has 0 saturated carbocycles. The van der Waals surface area contributed by atoms with Crippen LogP contribution < -0.4 is 10.7 Å². The predicted octanol–water partition coefficient (Wildman–Crippen LogP) is -0.710. The van der Waals surface area contributed by atoms with Gasteiger partial charge in [0.05, 0.1) is 0 Å². The van der Waals surface area contributed by atoms with Gasteiger partial charge in [0.2, 0.25) is 0 Å². The molecule has 0 aromatic rings. The maximum atomic E-state index is 11.0. The molecular formula is C6H7N3O. The minimum Gasteiger partial charge on any atom is -0.329 e. The van der Waals surface area contributed by atoms with Crippen LogP contribution >= 0.6 is 0 Å². The third-order valence-corrected chi connectivity index (χ3v) is 1.53. The van der Waals surface area contributed by atoms with Crippen LogP contribution in [-0.4, -0.2) is 17.0 Å². The van der Waals surface area contributed by atoms with Gasteiger partial charge in [-0.25, -0.2) is 0 Å². The Bertz CT molecular complexity index is 221. The summed E-state index contributed by atoms with van der Waals surface area (Å²) in [6.45, 7) is 0. The molecule has 1 amide bonds. The fourth-order valence-electron chi connectivity index (χ4n) is 1.03. The van der Waals surface area contributed by atoms with E-state index in [-0.39, 0.29) is 11.9 Å². The molecular weight excluding hydrogens is 130 g/mol. The zero-order valence-electron chi connectivity index (χ0n) is 5.24. The maximum Gasteiger partial charge on any atom is 0.252 e. The smallest absolute Gasteiger partial charge is 0.252 e. The second-order valence-corrected chi connectivity index (χ2v) is 2.16. The average molecular weight is 137 g/mol. The molecule has 1 unspecified atom stereocenters. The fraction of sp³-hybridized carbons (Fsp3) is 0.167. The molecule has 0 aromatic heterocycles. The molecule has 2 aliphatic rings. The number of hydrogen-bond acceptors (Lipinski definition) is 3. The number of hydrogen-bond donors (Lipinski definition) is 2. The fourth-order valence-corrected chi connectivity index (χ4v) is 1.03. The Labute approximate surface area is 58.2 Å². The minimum atomic E-state index is -0.162. The van der Waals surface area contributed by atoms with E-state index in [9.17, 15) is 4.79 Å². The van der Waals surface area contributed by atoms with Crippen LogP contribution in [0.2, 0.25) is 0 Å². The van der Waals surface area contributed by atoms with Gasteiger partial charge in [0.1, 0.15) is 6.04 Å². The summed E-state index contributed by atoms with van der Waals surface area (Å²) in [5.74, 6) is 0.00347. The van der Waals surface area contributed by atoms with Crippen molar-refractivity contribution in [2.75, 3.05) is 0 Å². The first-order valence-electron chi connectivity index (χ1n) is 3.06. The molecule has 0 bridgehead atoms. The number of carbonyl (C=O) groups is 1. The van der Waals surface area contributed by atoms with E-state index in [0.29, 0.717) is 0 Å². The van der Waals surface area contributed by atoms with Crippen molar-refractivity contribution in [1.82, 2.24) is 15.8 Å². The summed E-state index contributed by atoms with van der Waals surface area (Å²) < 4.78 is 0. The van der Waals surface area contributed by atoms with Gasteiger partial charge < -0.3 is 10.7 Å². The van der Waals surface area contributed by atoms with E-state index in [1.807, 2.05) is 0 Å². The molecule has 2 rings (SSSR count). The summed E-state index contributed by atoms with van der Waals surface area (Å²) in [5, 5.41) is 4.34. The van der Waals surface area contributed by atoms with Gasteiger partial charge in [0.15, 0.2) is 0 Å². The molecule has 0 spiro atoms. The van der Waals surface area contributed by atoms with Gasteiger partial charge in [-0.1, -0.05) is 0 Å². The lowest BCUT2D eigenvalue weighted by molar-refractivity contribution is -0.124. The first-order chi connectivity index (χ1) is 4.88. The van der Waals surface area contributed by atoms with Crippen molar-refractivity contribution in [3.05, 3.63) is 24.7 Å². The largest absolute Gasteiger partial charge is 0.329 e. The van der Waals surface area contributed by atoms with Crippen LogP contribution in [0.3, 0.4) is 0 Å². The number of nitrogens with one attached hydrogen (secondary N) is 2. The van der Waals surface area contributed by atoms with Gasteiger partial charge >= 0.3 is 0 Å². The van der Waals surface area contributed by atoms with E-state index in [1.165, 1.54) is 0 Å². The van der Waals surface area contributed by atoms with E-state index >= 15 is 0 Å². The number of hydrazine groups is 1.